The van der Waals surface area contributed by atoms with Gasteiger partial charge in [-0.05, 0) is 28.8 Å². The number of imide groups is 1. The Balaban J connectivity index is 1.70. The summed E-state index contributed by atoms with van der Waals surface area (Å²) in [6, 6.07) is 14.0. The van der Waals surface area contributed by atoms with E-state index < -0.39 is 17.8 Å². The van der Waals surface area contributed by atoms with Gasteiger partial charge in [0.25, 0.3) is 11.8 Å². The summed E-state index contributed by atoms with van der Waals surface area (Å²) in [5.41, 5.74) is 2.48. The van der Waals surface area contributed by atoms with E-state index in [1.54, 1.807) is 36.4 Å². The number of phenols is 1. The molecule has 1 heterocycles. The second-order valence-corrected chi connectivity index (χ2v) is 5.47. The molecule has 122 valence electrons. The van der Waals surface area contributed by atoms with Crippen molar-refractivity contribution in [3.05, 3.63) is 54.1 Å². The lowest BCUT2D eigenvalue weighted by molar-refractivity contribution is -0.197. The van der Waals surface area contributed by atoms with Crippen LogP contribution in [0.1, 0.15) is 18.4 Å². The number of amides is 2. The molecule has 0 atom stereocenters. The Kier molecular flexibility index (Phi) is 4.29. The highest BCUT2D eigenvalue weighted by Gasteiger charge is 2.32. The second kappa shape index (κ2) is 6.54. The molecule has 24 heavy (non-hydrogen) atoms. The van der Waals surface area contributed by atoms with Gasteiger partial charge < -0.3 is 9.94 Å². The summed E-state index contributed by atoms with van der Waals surface area (Å²) in [6.45, 7) is 0. The van der Waals surface area contributed by atoms with E-state index in [0.29, 0.717) is 10.6 Å². The third kappa shape index (κ3) is 3.43. The molecule has 0 spiro atoms. The standard InChI is InChI=1S/C18H15NO5/c20-15-6-4-13(5-7-15)14-3-1-2-12(10-14)11-18(23)24-19-16(21)8-9-17(19)22/h1-7,10,20H,8-9,11H2. The molecule has 1 fully saturated rings. The van der Waals surface area contributed by atoms with Gasteiger partial charge in [-0.3, -0.25) is 9.59 Å². The van der Waals surface area contributed by atoms with Gasteiger partial charge in [0, 0.05) is 12.8 Å². The normalized spacial score (nSPS) is 14.1. The topological polar surface area (TPSA) is 83.9 Å². The molecule has 3 rings (SSSR count). The van der Waals surface area contributed by atoms with Gasteiger partial charge in [0.05, 0.1) is 6.42 Å². The molecule has 6 nitrogen and oxygen atoms in total. The first-order chi connectivity index (χ1) is 11.5. The van der Waals surface area contributed by atoms with Crippen molar-refractivity contribution in [2.75, 3.05) is 0 Å². The van der Waals surface area contributed by atoms with E-state index in [0.717, 1.165) is 11.1 Å². The van der Waals surface area contributed by atoms with Crippen molar-refractivity contribution in [1.29, 1.82) is 0 Å². The molecule has 2 amide bonds. The Bertz CT molecular complexity index is 781. The summed E-state index contributed by atoms with van der Waals surface area (Å²) in [5.74, 6) is -1.47. The highest BCUT2D eigenvalue weighted by Crippen LogP contribution is 2.23. The third-order valence-electron chi connectivity index (χ3n) is 3.67. The summed E-state index contributed by atoms with van der Waals surface area (Å²) in [5, 5.41) is 9.88. The Hall–Kier alpha value is -3.15. The lowest BCUT2D eigenvalue weighted by Gasteiger charge is -2.12. The minimum atomic E-state index is -0.665. The molecule has 0 unspecified atom stereocenters. The molecule has 0 radical (unpaired) electrons. The Morgan fingerprint density at radius 1 is 1.00 bits per heavy atom. The van der Waals surface area contributed by atoms with Gasteiger partial charge in [0.1, 0.15) is 5.75 Å². The molecular weight excluding hydrogens is 310 g/mol. The van der Waals surface area contributed by atoms with E-state index >= 15 is 0 Å². The number of benzene rings is 2. The average molecular weight is 325 g/mol. The van der Waals surface area contributed by atoms with Crippen molar-refractivity contribution in [2.24, 2.45) is 0 Å². The molecule has 1 aliphatic heterocycles. The SMILES string of the molecule is O=C(Cc1cccc(-c2ccc(O)cc2)c1)ON1C(=O)CCC1=O. The number of nitrogens with zero attached hydrogens (tertiary/aromatic N) is 1. The lowest BCUT2D eigenvalue weighted by atomic mass is 10.0. The molecule has 2 aromatic rings. The number of carbonyl (C=O) groups excluding carboxylic acids is 3. The zero-order chi connectivity index (χ0) is 17.1. The van der Waals surface area contributed by atoms with Gasteiger partial charge in [-0.2, -0.15) is 0 Å². The fraction of sp³-hybridized carbons (Fsp3) is 0.167. The number of rotatable bonds is 4. The smallest absolute Gasteiger partial charge is 0.337 e. The van der Waals surface area contributed by atoms with Crippen molar-refractivity contribution in [3.8, 4) is 16.9 Å². The van der Waals surface area contributed by atoms with Crippen molar-refractivity contribution in [3.63, 3.8) is 0 Å². The van der Waals surface area contributed by atoms with E-state index in [-0.39, 0.29) is 25.0 Å². The maximum atomic E-state index is 12.0. The largest absolute Gasteiger partial charge is 0.508 e. The summed E-state index contributed by atoms with van der Waals surface area (Å²) < 4.78 is 0. The first-order valence-corrected chi connectivity index (χ1v) is 7.48. The van der Waals surface area contributed by atoms with Gasteiger partial charge in [0.15, 0.2) is 0 Å². The molecule has 1 N–H and O–H groups in total. The molecular formula is C18H15NO5. The monoisotopic (exact) mass is 325 g/mol. The van der Waals surface area contributed by atoms with Crippen molar-refractivity contribution < 1.29 is 24.3 Å². The third-order valence-corrected chi connectivity index (χ3v) is 3.67. The number of hydrogen-bond donors (Lipinski definition) is 1. The Morgan fingerprint density at radius 3 is 2.33 bits per heavy atom. The van der Waals surface area contributed by atoms with Crippen molar-refractivity contribution >= 4 is 17.8 Å². The molecule has 0 aliphatic carbocycles. The molecule has 1 saturated heterocycles. The van der Waals surface area contributed by atoms with Crippen LogP contribution in [0.5, 0.6) is 5.75 Å². The van der Waals surface area contributed by atoms with Crippen LogP contribution in [0.2, 0.25) is 0 Å². The van der Waals surface area contributed by atoms with Crippen LogP contribution in [-0.2, 0) is 25.6 Å². The van der Waals surface area contributed by atoms with Gasteiger partial charge in [0.2, 0.25) is 0 Å². The highest BCUT2D eigenvalue weighted by molar-refractivity contribution is 6.01. The fourth-order valence-corrected chi connectivity index (χ4v) is 2.47. The van der Waals surface area contributed by atoms with E-state index in [9.17, 15) is 19.5 Å². The summed E-state index contributed by atoms with van der Waals surface area (Å²) in [4.78, 5) is 39.7. The minimum absolute atomic E-state index is 0.0526. The summed E-state index contributed by atoms with van der Waals surface area (Å²) in [6.07, 6.45) is 0.0912. The van der Waals surface area contributed by atoms with Gasteiger partial charge in [-0.25, -0.2) is 4.79 Å². The molecule has 2 aromatic carbocycles. The van der Waals surface area contributed by atoms with E-state index in [1.165, 1.54) is 0 Å². The van der Waals surface area contributed by atoms with Crippen LogP contribution in [-0.4, -0.2) is 28.0 Å². The first-order valence-electron chi connectivity index (χ1n) is 7.48. The van der Waals surface area contributed by atoms with E-state index in [1.807, 2.05) is 12.1 Å². The predicted octanol–water partition coefficient (Wildman–Crippen LogP) is 2.21. The molecule has 0 saturated carbocycles. The Labute approximate surface area is 138 Å². The molecule has 6 heteroatoms. The van der Waals surface area contributed by atoms with Crippen LogP contribution in [0.4, 0.5) is 0 Å². The van der Waals surface area contributed by atoms with E-state index in [2.05, 4.69) is 0 Å². The summed E-state index contributed by atoms with van der Waals surface area (Å²) >= 11 is 0. The molecule has 0 bridgehead atoms. The van der Waals surface area contributed by atoms with Crippen LogP contribution in [0.25, 0.3) is 11.1 Å². The van der Waals surface area contributed by atoms with Crippen molar-refractivity contribution in [2.45, 2.75) is 19.3 Å². The minimum Gasteiger partial charge on any atom is -0.508 e. The van der Waals surface area contributed by atoms with E-state index in [4.69, 9.17) is 4.84 Å². The van der Waals surface area contributed by atoms with Crippen LogP contribution in [0, 0.1) is 0 Å². The quantitative estimate of drug-likeness (QED) is 0.871. The molecule has 0 aromatic heterocycles. The maximum absolute atomic E-state index is 12.0. The fourth-order valence-electron chi connectivity index (χ4n) is 2.47. The van der Waals surface area contributed by atoms with Crippen LogP contribution < -0.4 is 0 Å². The van der Waals surface area contributed by atoms with Crippen LogP contribution >= 0.6 is 0 Å². The second-order valence-electron chi connectivity index (χ2n) is 5.47. The molecule has 1 aliphatic rings. The van der Waals surface area contributed by atoms with Gasteiger partial charge in [-0.1, -0.05) is 36.4 Å². The van der Waals surface area contributed by atoms with Crippen LogP contribution in [0.3, 0.4) is 0 Å². The highest BCUT2D eigenvalue weighted by atomic mass is 16.7. The zero-order valence-corrected chi connectivity index (χ0v) is 12.8. The lowest BCUT2D eigenvalue weighted by Crippen LogP contribution is -2.32. The van der Waals surface area contributed by atoms with Crippen molar-refractivity contribution in [1.82, 2.24) is 5.06 Å². The Morgan fingerprint density at radius 2 is 1.67 bits per heavy atom. The maximum Gasteiger partial charge on any atom is 0.337 e. The first kappa shape index (κ1) is 15.7. The van der Waals surface area contributed by atoms with Crippen LogP contribution in [0.15, 0.2) is 48.5 Å². The number of hydrogen-bond acceptors (Lipinski definition) is 5. The number of hydroxylamine groups is 2. The average Bonchev–Trinajstić information content (AvgIpc) is 2.88. The number of carbonyl (C=O) groups is 3. The number of phenolic OH excluding ortho intramolecular Hbond substituents is 1. The van der Waals surface area contributed by atoms with Gasteiger partial charge in [-0.15, -0.1) is 5.06 Å². The van der Waals surface area contributed by atoms with Gasteiger partial charge >= 0.3 is 5.97 Å². The number of aromatic hydroxyl groups is 1. The zero-order valence-electron chi connectivity index (χ0n) is 12.8. The summed E-state index contributed by atoms with van der Waals surface area (Å²) in [7, 11) is 0. The predicted molar refractivity (Wildman–Crippen MR) is 84.4 cm³/mol.